The van der Waals surface area contributed by atoms with E-state index in [9.17, 15) is 0 Å². The summed E-state index contributed by atoms with van der Waals surface area (Å²) in [6.07, 6.45) is 1.85. The first-order valence-electron chi connectivity index (χ1n) is 8.00. The van der Waals surface area contributed by atoms with Crippen LogP contribution >= 0.6 is 11.3 Å². The molecule has 0 fully saturated rings. The highest BCUT2D eigenvalue weighted by Gasteiger charge is 2.17. The minimum absolute atomic E-state index is 0.961. The quantitative estimate of drug-likeness (QED) is 0.352. The van der Waals surface area contributed by atoms with Crippen LogP contribution in [0.4, 0.5) is 0 Å². The SMILES string of the molecule is c1ccc2c(c1)sc1c3[nH]c4ncccc4c3c3ccccc3c21. The Balaban J connectivity index is 2.07. The van der Waals surface area contributed by atoms with Gasteiger partial charge in [0, 0.05) is 32.4 Å². The predicted molar refractivity (Wildman–Crippen MR) is 104 cm³/mol. The fourth-order valence-electron chi connectivity index (χ4n) is 3.88. The molecule has 112 valence electrons. The van der Waals surface area contributed by atoms with Crippen LogP contribution < -0.4 is 0 Å². The van der Waals surface area contributed by atoms with Crippen LogP contribution in [0.25, 0.3) is 52.9 Å². The molecule has 6 aromatic rings. The molecule has 0 radical (unpaired) electrons. The van der Waals surface area contributed by atoms with Crippen LogP contribution in [0.5, 0.6) is 0 Å². The first kappa shape index (κ1) is 12.5. The molecule has 0 aliphatic heterocycles. The van der Waals surface area contributed by atoms with E-state index in [1.54, 1.807) is 0 Å². The highest BCUT2D eigenvalue weighted by atomic mass is 32.1. The molecule has 2 nitrogen and oxygen atoms in total. The van der Waals surface area contributed by atoms with E-state index in [1.807, 2.05) is 23.6 Å². The third-order valence-corrected chi connectivity index (χ3v) is 6.05. The minimum Gasteiger partial charge on any atom is -0.338 e. The van der Waals surface area contributed by atoms with Gasteiger partial charge in [-0.15, -0.1) is 11.3 Å². The summed E-state index contributed by atoms with van der Waals surface area (Å²) >= 11 is 1.86. The Bertz CT molecular complexity index is 1300. The van der Waals surface area contributed by atoms with Crippen molar-refractivity contribution in [3.05, 3.63) is 66.9 Å². The van der Waals surface area contributed by atoms with Crippen LogP contribution in [-0.2, 0) is 0 Å². The van der Waals surface area contributed by atoms with Crippen molar-refractivity contribution in [3.63, 3.8) is 0 Å². The first-order valence-corrected chi connectivity index (χ1v) is 8.82. The van der Waals surface area contributed by atoms with Crippen molar-refractivity contribution in [1.82, 2.24) is 9.97 Å². The maximum Gasteiger partial charge on any atom is 0.138 e. The monoisotopic (exact) mass is 324 g/mol. The largest absolute Gasteiger partial charge is 0.338 e. The molecule has 24 heavy (non-hydrogen) atoms. The lowest BCUT2D eigenvalue weighted by molar-refractivity contribution is 1.35. The standard InChI is InChI=1S/C21H12N2S/c1-2-7-13-12(6-1)17-15-9-5-11-22-21(15)23-19(17)20-18(13)14-8-3-4-10-16(14)24-20/h1-11H,(H,22,23). The lowest BCUT2D eigenvalue weighted by Crippen LogP contribution is -1.77. The zero-order valence-corrected chi connectivity index (χ0v) is 13.5. The number of pyridine rings is 1. The molecular weight excluding hydrogens is 312 g/mol. The number of rotatable bonds is 0. The maximum atomic E-state index is 4.54. The van der Waals surface area contributed by atoms with Crippen molar-refractivity contribution in [2.75, 3.05) is 0 Å². The topological polar surface area (TPSA) is 28.7 Å². The van der Waals surface area contributed by atoms with Gasteiger partial charge in [-0.05, 0) is 29.0 Å². The molecule has 0 aliphatic carbocycles. The Kier molecular flexibility index (Phi) is 2.26. The van der Waals surface area contributed by atoms with Crippen LogP contribution in [0.2, 0.25) is 0 Å². The molecule has 3 aromatic heterocycles. The van der Waals surface area contributed by atoms with Crippen molar-refractivity contribution in [3.8, 4) is 0 Å². The number of thiophene rings is 1. The highest BCUT2D eigenvalue weighted by molar-refractivity contribution is 7.27. The highest BCUT2D eigenvalue weighted by Crippen LogP contribution is 2.45. The Morgan fingerprint density at radius 3 is 2.29 bits per heavy atom. The van der Waals surface area contributed by atoms with Crippen molar-refractivity contribution in [2.24, 2.45) is 0 Å². The van der Waals surface area contributed by atoms with E-state index in [1.165, 1.54) is 47.2 Å². The average Bonchev–Trinajstić information content (AvgIpc) is 3.21. The second kappa shape index (κ2) is 4.34. The zero-order valence-electron chi connectivity index (χ0n) is 12.7. The zero-order chi connectivity index (χ0) is 15.7. The molecule has 1 N–H and O–H groups in total. The fraction of sp³-hybridized carbons (Fsp3) is 0. The van der Waals surface area contributed by atoms with Gasteiger partial charge in [0.1, 0.15) is 5.65 Å². The summed E-state index contributed by atoms with van der Waals surface area (Å²) < 4.78 is 2.65. The summed E-state index contributed by atoms with van der Waals surface area (Å²) in [6, 6.07) is 21.6. The molecule has 0 atom stereocenters. The van der Waals surface area contributed by atoms with Gasteiger partial charge >= 0.3 is 0 Å². The summed E-state index contributed by atoms with van der Waals surface area (Å²) in [6.45, 7) is 0. The molecule has 0 amide bonds. The third-order valence-electron chi connectivity index (χ3n) is 4.86. The molecule has 0 saturated carbocycles. The summed E-state index contributed by atoms with van der Waals surface area (Å²) in [5, 5.41) is 7.79. The van der Waals surface area contributed by atoms with Crippen LogP contribution in [0.3, 0.4) is 0 Å². The van der Waals surface area contributed by atoms with Crippen LogP contribution in [0.1, 0.15) is 0 Å². The van der Waals surface area contributed by atoms with Gasteiger partial charge < -0.3 is 4.98 Å². The van der Waals surface area contributed by atoms with Gasteiger partial charge in [-0.1, -0.05) is 42.5 Å². The summed E-state index contributed by atoms with van der Waals surface area (Å²) in [5.41, 5.74) is 2.17. The molecule has 0 spiro atoms. The van der Waals surface area contributed by atoms with E-state index in [0.717, 1.165) is 5.65 Å². The Hall–Kier alpha value is -2.91. The number of H-pyrrole nitrogens is 1. The molecule has 0 saturated heterocycles. The first-order chi connectivity index (χ1) is 11.9. The van der Waals surface area contributed by atoms with Gasteiger partial charge in [0.25, 0.3) is 0 Å². The number of hydrogen-bond acceptors (Lipinski definition) is 2. The van der Waals surface area contributed by atoms with E-state index in [4.69, 9.17) is 0 Å². The minimum atomic E-state index is 0.961. The molecule has 3 aromatic carbocycles. The normalized spacial score (nSPS) is 12.2. The Morgan fingerprint density at radius 1 is 0.708 bits per heavy atom. The maximum absolute atomic E-state index is 4.54. The number of nitrogens with one attached hydrogen (secondary N) is 1. The van der Waals surface area contributed by atoms with Gasteiger partial charge in [-0.25, -0.2) is 4.98 Å². The second-order valence-corrected chi connectivity index (χ2v) is 7.17. The smallest absolute Gasteiger partial charge is 0.138 e. The van der Waals surface area contributed by atoms with Crippen molar-refractivity contribution >= 4 is 64.2 Å². The number of aromatic amines is 1. The van der Waals surface area contributed by atoms with E-state index in [0.29, 0.717) is 0 Å². The van der Waals surface area contributed by atoms with E-state index < -0.39 is 0 Å². The third kappa shape index (κ3) is 1.43. The molecule has 0 bridgehead atoms. The van der Waals surface area contributed by atoms with Crippen molar-refractivity contribution in [1.29, 1.82) is 0 Å². The van der Waals surface area contributed by atoms with Crippen LogP contribution in [0.15, 0.2) is 66.9 Å². The number of nitrogens with zero attached hydrogens (tertiary/aromatic N) is 1. The molecular formula is C21H12N2S. The lowest BCUT2D eigenvalue weighted by atomic mass is 9.99. The van der Waals surface area contributed by atoms with Crippen molar-refractivity contribution < 1.29 is 0 Å². The van der Waals surface area contributed by atoms with Crippen molar-refractivity contribution in [2.45, 2.75) is 0 Å². The fourth-order valence-corrected chi connectivity index (χ4v) is 5.10. The molecule has 0 unspecified atom stereocenters. The number of aromatic nitrogens is 2. The Morgan fingerprint density at radius 2 is 1.42 bits per heavy atom. The molecule has 0 aliphatic rings. The number of benzene rings is 3. The van der Waals surface area contributed by atoms with Gasteiger partial charge in [-0.2, -0.15) is 0 Å². The van der Waals surface area contributed by atoms with Crippen LogP contribution in [-0.4, -0.2) is 9.97 Å². The predicted octanol–water partition coefficient (Wildman–Crippen LogP) is 6.24. The summed E-state index contributed by atoms with van der Waals surface area (Å²) in [7, 11) is 0. The van der Waals surface area contributed by atoms with Gasteiger partial charge in [0.15, 0.2) is 0 Å². The average molecular weight is 324 g/mol. The molecule has 3 heteroatoms. The number of fused-ring (bicyclic) bond motifs is 10. The Labute approximate surface area is 141 Å². The lowest BCUT2D eigenvalue weighted by Gasteiger charge is -2.04. The second-order valence-electron chi connectivity index (χ2n) is 6.12. The van der Waals surface area contributed by atoms with E-state index in [2.05, 4.69) is 64.6 Å². The molecule has 3 heterocycles. The van der Waals surface area contributed by atoms with Gasteiger partial charge in [-0.3, -0.25) is 0 Å². The molecule has 6 rings (SSSR count). The van der Waals surface area contributed by atoms with Gasteiger partial charge in [0.05, 0.1) is 10.2 Å². The van der Waals surface area contributed by atoms with E-state index >= 15 is 0 Å². The summed E-state index contributed by atoms with van der Waals surface area (Å²) in [5.74, 6) is 0. The van der Waals surface area contributed by atoms with Crippen LogP contribution in [0, 0.1) is 0 Å². The summed E-state index contributed by atoms with van der Waals surface area (Å²) in [4.78, 5) is 8.11. The number of hydrogen-bond donors (Lipinski definition) is 1. The van der Waals surface area contributed by atoms with Gasteiger partial charge in [0.2, 0.25) is 0 Å². The van der Waals surface area contributed by atoms with E-state index in [-0.39, 0.29) is 0 Å².